The molecule has 1 rings (SSSR count). The second-order valence-electron chi connectivity index (χ2n) is 1.85. The molecule has 0 amide bonds. The Morgan fingerprint density at radius 2 is 1.89 bits per heavy atom. The molecule has 1 atom stereocenters. The Hall–Kier alpha value is 2.17. The summed E-state index contributed by atoms with van der Waals surface area (Å²) in [4.78, 5) is 2.14. The molecule has 0 N–H and O–H groups in total. The summed E-state index contributed by atoms with van der Waals surface area (Å²) in [6.07, 6.45) is 0. The van der Waals surface area contributed by atoms with E-state index in [1.54, 1.807) is 0 Å². The van der Waals surface area contributed by atoms with Gasteiger partial charge in [-0.3, -0.25) is 12.5 Å². The zero-order chi connectivity index (χ0) is 4.57. The zero-order valence-corrected chi connectivity index (χ0v) is 11.8. The molecule has 3 heteroatoms. The van der Waals surface area contributed by atoms with E-state index in [2.05, 4.69) is 25.4 Å². The molecule has 0 spiro atoms. The average Bonchev–Trinajstić information content (AvgIpc) is 1.33. The summed E-state index contributed by atoms with van der Waals surface area (Å²) in [5.74, 6) is 0.593. The van der Waals surface area contributed by atoms with Crippen LogP contribution in [0.5, 0.6) is 0 Å². The summed E-state index contributed by atoms with van der Waals surface area (Å²) in [7, 11) is 2.06. The first kappa shape index (κ1) is 17.3. The fourth-order valence-electron chi connectivity index (χ4n) is 0.700. The fraction of sp³-hybridized carbons (Fsp3) is 0.500. The maximum atomic E-state index is 3.80. The van der Waals surface area contributed by atoms with Crippen LogP contribution < -0.4 is 0 Å². The van der Waals surface area contributed by atoms with Gasteiger partial charge in [0.15, 0.2) is 0 Å². The smallest absolute Gasteiger partial charge is 0 e. The van der Waals surface area contributed by atoms with E-state index < -0.39 is 0 Å². The molecule has 0 saturated carbocycles. The third kappa shape index (κ3) is 6.56. The van der Waals surface area contributed by atoms with E-state index in [0.717, 1.165) is 6.54 Å². The number of hydrogen-bond donors (Lipinski definition) is 0. The Labute approximate surface area is 109 Å². The molecule has 0 bridgehead atoms. The van der Waals surface area contributed by atoms with Crippen molar-refractivity contribution in [1.82, 2.24) is 4.90 Å². The van der Waals surface area contributed by atoms with Crippen LogP contribution in [0.15, 0.2) is 0 Å². The van der Waals surface area contributed by atoms with Crippen LogP contribution in [0.4, 0.5) is 0 Å². The monoisotopic (exact) mass is 276 g/mol. The molecule has 50 valence electrons. The molecule has 0 aromatic heterocycles. The predicted octanol–water partition coefficient (Wildman–Crippen LogP) is 0.989. The van der Waals surface area contributed by atoms with Gasteiger partial charge < -0.3 is 19.3 Å². The third-order valence-corrected chi connectivity index (χ3v) is 0.988. The average molecular weight is 276 g/mol. The topological polar surface area (TPSA) is 3.24 Å². The summed E-state index contributed by atoms with van der Waals surface area (Å²) >= 11 is 0. The Balaban J connectivity index is -0.000000120. The SMILES string of the molecule is [CH2-]C1[CH-]N(C)C1.[CH3-].[Y].[Y]. The van der Waals surface area contributed by atoms with Gasteiger partial charge in [-0.05, 0) is 7.05 Å². The van der Waals surface area contributed by atoms with Gasteiger partial charge >= 0.3 is 0 Å². The van der Waals surface area contributed by atoms with E-state index >= 15 is 0 Å². The summed E-state index contributed by atoms with van der Waals surface area (Å²) in [6.45, 7) is 7.05. The Morgan fingerprint density at radius 3 is 1.89 bits per heavy atom. The van der Waals surface area contributed by atoms with Gasteiger partial charge in [0.05, 0.1) is 0 Å². The van der Waals surface area contributed by atoms with Gasteiger partial charge in [-0.15, -0.1) is 0 Å². The summed E-state index contributed by atoms with van der Waals surface area (Å²) < 4.78 is 0. The van der Waals surface area contributed by atoms with Crippen molar-refractivity contribution in [3.63, 3.8) is 0 Å². The van der Waals surface area contributed by atoms with Crippen LogP contribution >= 0.6 is 0 Å². The molecular formula is C6H12NY2-3. The van der Waals surface area contributed by atoms with Gasteiger partial charge in [-0.2, -0.15) is 0 Å². The molecule has 1 nitrogen and oxygen atoms in total. The van der Waals surface area contributed by atoms with Gasteiger partial charge in [-0.1, -0.05) is 6.54 Å². The van der Waals surface area contributed by atoms with Crippen molar-refractivity contribution in [2.24, 2.45) is 5.92 Å². The summed E-state index contributed by atoms with van der Waals surface area (Å²) in [6, 6.07) is 0. The number of likely N-dealkylation sites (tertiary alicyclic amines) is 1. The maximum absolute atomic E-state index is 3.80. The van der Waals surface area contributed by atoms with Crippen LogP contribution in [0.1, 0.15) is 0 Å². The standard InChI is InChI=1S/C5H9N.CH3.2Y/c1-5-3-6(2)4-5;;;/h3,5H,1,4H2,2H3;1H3;;/q-2;-1;;. The van der Waals surface area contributed by atoms with Crippen molar-refractivity contribution in [2.45, 2.75) is 0 Å². The number of rotatable bonds is 0. The minimum absolute atomic E-state index is 0. The summed E-state index contributed by atoms with van der Waals surface area (Å²) in [5, 5.41) is 0. The van der Waals surface area contributed by atoms with Crippen LogP contribution in [0.2, 0.25) is 0 Å². The first-order valence-corrected chi connectivity index (χ1v) is 2.17. The second-order valence-corrected chi connectivity index (χ2v) is 1.85. The number of nitrogens with zero attached hydrogens (tertiary/aromatic N) is 1. The van der Waals surface area contributed by atoms with Crippen LogP contribution in [-0.2, 0) is 65.4 Å². The zero-order valence-electron chi connectivity index (χ0n) is 6.17. The molecule has 1 heterocycles. The van der Waals surface area contributed by atoms with Crippen molar-refractivity contribution >= 4 is 0 Å². The van der Waals surface area contributed by atoms with Crippen molar-refractivity contribution < 1.29 is 65.4 Å². The molecular weight excluding hydrogens is 264 g/mol. The molecule has 1 aliphatic rings. The molecule has 2 radical (unpaired) electrons. The first-order chi connectivity index (χ1) is 2.79. The number of hydrogen-bond acceptors (Lipinski definition) is 1. The van der Waals surface area contributed by atoms with Crippen LogP contribution in [0, 0.1) is 26.8 Å². The van der Waals surface area contributed by atoms with Gasteiger partial charge in [0.2, 0.25) is 0 Å². The molecule has 0 aromatic carbocycles. The van der Waals surface area contributed by atoms with Crippen LogP contribution in [0.25, 0.3) is 0 Å². The molecule has 1 aliphatic heterocycles. The summed E-state index contributed by atoms with van der Waals surface area (Å²) in [5.41, 5.74) is 0. The van der Waals surface area contributed by atoms with E-state index in [1.807, 2.05) is 0 Å². The van der Waals surface area contributed by atoms with Gasteiger partial charge in [-0.25, -0.2) is 0 Å². The molecule has 1 unspecified atom stereocenters. The van der Waals surface area contributed by atoms with Gasteiger partial charge in [0.25, 0.3) is 0 Å². The second kappa shape index (κ2) is 8.27. The normalized spacial score (nSPS) is 24.0. The first-order valence-electron chi connectivity index (χ1n) is 2.17. The molecule has 0 aliphatic carbocycles. The van der Waals surface area contributed by atoms with Crippen LogP contribution in [-0.4, -0.2) is 18.5 Å². The van der Waals surface area contributed by atoms with E-state index in [0.29, 0.717) is 5.92 Å². The third-order valence-electron chi connectivity index (χ3n) is 0.988. The fourth-order valence-corrected chi connectivity index (χ4v) is 0.700. The molecule has 0 aromatic rings. The maximum Gasteiger partial charge on any atom is 0 e. The van der Waals surface area contributed by atoms with Crippen molar-refractivity contribution in [1.29, 1.82) is 0 Å². The van der Waals surface area contributed by atoms with Crippen molar-refractivity contribution in [3.05, 3.63) is 20.9 Å². The van der Waals surface area contributed by atoms with E-state index in [-0.39, 0.29) is 72.8 Å². The molecule has 1 saturated heterocycles. The minimum Gasteiger partial charge on any atom is -0.465 e. The molecule has 1 fully saturated rings. The molecule has 9 heavy (non-hydrogen) atoms. The Bertz CT molecular complexity index is 47.0. The van der Waals surface area contributed by atoms with Crippen molar-refractivity contribution in [2.75, 3.05) is 13.6 Å². The predicted molar refractivity (Wildman–Crippen MR) is 32.2 cm³/mol. The Morgan fingerprint density at radius 1 is 1.56 bits per heavy atom. The van der Waals surface area contributed by atoms with Crippen molar-refractivity contribution in [3.8, 4) is 0 Å². The quantitative estimate of drug-likeness (QED) is 0.596. The Kier molecular flexibility index (Phi) is 15.9. The van der Waals surface area contributed by atoms with E-state index in [4.69, 9.17) is 0 Å². The largest absolute Gasteiger partial charge is 0.465 e. The van der Waals surface area contributed by atoms with E-state index in [9.17, 15) is 0 Å². The van der Waals surface area contributed by atoms with Crippen LogP contribution in [0.3, 0.4) is 0 Å². The van der Waals surface area contributed by atoms with E-state index in [1.165, 1.54) is 0 Å². The van der Waals surface area contributed by atoms with Gasteiger partial charge in [0, 0.05) is 65.4 Å². The van der Waals surface area contributed by atoms with Gasteiger partial charge in [0.1, 0.15) is 0 Å². The minimum atomic E-state index is 0.